The number of nitrogens with two attached hydrogens (primary N) is 1. The highest BCUT2D eigenvalue weighted by Gasteiger charge is 2.23. The minimum atomic E-state index is -0.251. The van der Waals surface area contributed by atoms with E-state index in [0.29, 0.717) is 12.3 Å². The van der Waals surface area contributed by atoms with E-state index >= 15 is 0 Å². The molecule has 2 unspecified atom stereocenters. The molecule has 0 saturated carbocycles. The molecule has 0 bridgehead atoms. The maximum atomic E-state index is 10.5. The van der Waals surface area contributed by atoms with Crippen molar-refractivity contribution >= 4 is 5.91 Å². The fourth-order valence-electron chi connectivity index (χ4n) is 1.69. The van der Waals surface area contributed by atoms with E-state index in [4.69, 9.17) is 5.73 Å². The summed E-state index contributed by atoms with van der Waals surface area (Å²) >= 11 is 0. The SMILES string of the molecule is CC1CN(CCC(N)=O)CCC1O. The van der Waals surface area contributed by atoms with Crippen LogP contribution in [0, 0.1) is 5.92 Å². The Morgan fingerprint density at radius 1 is 1.69 bits per heavy atom. The number of hydrogen-bond donors (Lipinski definition) is 2. The van der Waals surface area contributed by atoms with Crippen LogP contribution < -0.4 is 5.73 Å². The van der Waals surface area contributed by atoms with Gasteiger partial charge in [-0.15, -0.1) is 0 Å². The summed E-state index contributed by atoms with van der Waals surface area (Å²) < 4.78 is 0. The summed E-state index contributed by atoms with van der Waals surface area (Å²) in [6.07, 6.45) is 1.05. The third-order valence-electron chi connectivity index (χ3n) is 2.62. The number of hydrogen-bond acceptors (Lipinski definition) is 3. The summed E-state index contributed by atoms with van der Waals surface area (Å²) in [5.41, 5.74) is 5.06. The van der Waals surface area contributed by atoms with Gasteiger partial charge in [-0.25, -0.2) is 0 Å². The highest BCUT2D eigenvalue weighted by atomic mass is 16.3. The summed E-state index contributed by atoms with van der Waals surface area (Å²) in [5.74, 6) is 0.0559. The van der Waals surface area contributed by atoms with Gasteiger partial charge in [0.15, 0.2) is 0 Å². The molecular weight excluding hydrogens is 168 g/mol. The molecule has 0 aromatic rings. The number of amides is 1. The van der Waals surface area contributed by atoms with Crippen LogP contribution in [0.1, 0.15) is 19.8 Å². The van der Waals surface area contributed by atoms with E-state index in [-0.39, 0.29) is 12.0 Å². The average Bonchev–Trinajstić information content (AvgIpc) is 2.07. The lowest BCUT2D eigenvalue weighted by Crippen LogP contribution is -2.42. The van der Waals surface area contributed by atoms with E-state index in [1.807, 2.05) is 6.92 Å². The molecule has 1 amide bonds. The van der Waals surface area contributed by atoms with Gasteiger partial charge in [-0.2, -0.15) is 0 Å². The molecule has 0 aromatic carbocycles. The molecule has 1 fully saturated rings. The molecule has 0 aromatic heterocycles. The fraction of sp³-hybridized carbons (Fsp3) is 0.889. The molecule has 0 aliphatic carbocycles. The van der Waals surface area contributed by atoms with Crippen LogP contribution in [0.4, 0.5) is 0 Å². The summed E-state index contributed by atoms with van der Waals surface area (Å²) in [5, 5.41) is 9.45. The molecule has 1 aliphatic heterocycles. The Balaban J connectivity index is 2.25. The van der Waals surface area contributed by atoms with Crippen molar-refractivity contribution in [1.82, 2.24) is 4.90 Å². The van der Waals surface area contributed by atoms with Crippen molar-refractivity contribution in [1.29, 1.82) is 0 Å². The Labute approximate surface area is 78.7 Å². The molecule has 1 saturated heterocycles. The Kier molecular flexibility index (Phi) is 3.69. The second kappa shape index (κ2) is 4.58. The number of piperidine rings is 1. The van der Waals surface area contributed by atoms with Gasteiger partial charge in [0.25, 0.3) is 0 Å². The molecule has 0 spiro atoms. The minimum absolute atomic E-state index is 0.176. The molecule has 76 valence electrons. The van der Waals surface area contributed by atoms with Crippen LogP contribution in [-0.4, -0.2) is 41.7 Å². The monoisotopic (exact) mass is 186 g/mol. The third-order valence-corrected chi connectivity index (χ3v) is 2.62. The van der Waals surface area contributed by atoms with Gasteiger partial charge in [-0.05, 0) is 12.3 Å². The van der Waals surface area contributed by atoms with Crippen molar-refractivity contribution in [3.05, 3.63) is 0 Å². The summed E-state index contributed by atoms with van der Waals surface area (Å²) in [6.45, 7) is 4.50. The Morgan fingerprint density at radius 3 is 2.92 bits per heavy atom. The highest BCUT2D eigenvalue weighted by Crippen LogP contribution is 2.16. The van der Waals surface area contributed by atoms with E-state index in [2.05, 4.69) is 4.90 Å². The third kappa shape index (κ3) is 3.32. The first kappa shape index (κ1) is 10.5. The number of primary amides is 1. The molecule has 2 atom stereocenters. The van der Waals surface area contributed by atoms with Crippen molar-refractivity contribution in [3.63, 3.8) is 0 Å². The lowest BCUT2D eigenvalue weighted by atomic mass is 9.97. The van der Waals surface area contributed by atoms with Gasteiger partial charge in [0.05, 0.1) is 6.10 Å². The summed E-state index contributed by atoms with van der Waals surface area (Å²) in [7, 11) is 0. The largest absolute Gasteiger partial charge is 0.393 e. The Bertz CT molecular complexity index is 184. The van der Waals surface area contributed by atoms with Crippen molar-refractivity contribution < 1.29 is 9.90 Å². The van der Waals surface area contributed by atoms with Gasteiger partial charge in [0.2, 0.25) is 5.91 Å². The molecule has 1 aliphatic rings. The van der Waals surface area contributed by atoms with E-state index in [0.717, 1.165) is 26.1 Å². The molecular formula is C9H18N2O2. The van der Waals surface area contributed by atoms with Crippen LogP contribution in [0.25, 0.3) is 0 Å². The number of aliphatic hydroxyl groups is 1. The quantitative estimate of drug-likeness (QED) is 0.628. The first-order valence-corrected chi connectivity index (χ1v) is 4.78. The van der Waals surface area contributed by atoms with Crippen molar-refractivity contribution in [3.8, 4) is 0 Å². The van der Waals surface area contributed by atoms with E-state index < -0.39 is 0 Å². The minimum Gasteiger partial charge on any atom is -0.393 e. The molecule has 1 rings (SSSR count). The first-order chi connectivity index (χ1) is 6.09. The number of rotatable bonds is 3. The Morgan fingerprint density at radius 2 is 2.38 bits per heavy atom. The van der Waals surface area contributed by atoms with Gasteiger partial charge >= 0.3 is 0 Å². The fourth-order valence-corrected chi connectivity index (χ4v) is 1.69. The van der Waals surface area contributed by atoms with E-state index in [9.17, 15) is 9.90 Å². The van der Waals surface area contributed by atoms with Crippen molar-refractivity contribution in [2.24, 2.45) is 11.7 Å². The zero-order valence-electron chi connectivity index (χ0n) is 8.07. The van der Waals surface area contributed by atoms with Crippen LogP contribution >= 0.6 is 0 Å². The average molecular weight is 186 g/mol. The van der Waals surface area contributed by atoms with Gasteiger partial charge < -0.3 is 15.7 Å². The molecule has 13 heavy (non-hydrogen) atoms. The van der Waals surface area contributed by atoms with Crippen LogP contribution in [0.5, 0.6) is 0 Å². The second-order valence-electron chi connectivity index (χ2n) is 3.85. The van der Waals surface area contributed by atoms with Crippen molar-refractivity contribution in [2.45, 2.75) is 25.9 Å². The number of carbonyl (C=O) groups is 1. The Hall–Kier alpha value is -0.610. The lowest BCUT2D eigenvalue weighted by molar-refractivity contribution is -0.118. The van der Waals surface area contributed by atoms with Crippen LogP contribution in [0.3, 0.4) is 0 Å². The van der Waals surface area contributed by atoms with Crippen LogP contribution in [0.15, 0.2) is 0 Å². The maximum absolute atomic E-state index is 10.5. The number of nitrogens with zero attached hydrogens (tertiary/aromatic N) is 1. The first-order valence-electron chi connectivity index (χ1n) is 4.78. The zero-order valence-corrected chi connectivity index (χ0v) is 8.07. The summed E-state index contributed by atoms with van der Waals surface area (Å²) in [4.78, 5) is 12.7. The van der Waals surface area contributed by atoms with Crippen LogP contribution in [0.2, 0.25) is 0 Å². The van der Waals surface area contributed by atoms with Gasteiger partial charge in [-0.1, -0.05) is 6.92 Å². The highest BCUT2D eigenvalue weighted by molar-refractivity contribution is 5.73. The standard InChI is InChI=1S/C9H18N2O2/c1-7-6-11(4-2-8(7)12)5-3-9(10)13/h7-8,12H,2-6H2,1H3,(H2,10,13). The van der Waals surface area contributed by atoms with Gasteiger partial charge in [0.1, 0.15) is 0 Å². The topological polar surface area (TPSA) is 66.6 Å². The lowest BCUT2D eigenvalue weighted by Gasteiger charge is -2.34. The number of aliphatic hydroxyl groups excluding tert-OH is 1. The van der Waals surface area contributed by atoms with E-state index in [1.165, 1.54) is 0 Å². The van der Waals surface area contributed by atoms with Gasteiger partial charge in [-0.3, -0.25) is 4.79 Å². The normalized spacial score (nSPS) is 30.3. The molecule has 1 heterocycles. The summed E-state index contributed by atoms with van der Waals surface area (Å²) in [6, 6.07) is 0. The maximum Gasteiger partial charge on any atom is 0.218 e. The van der Waals surface area contributed by atoms with E-state index in [1.54, 1.807) is 0 Å². The zero-order chi connectivity index (χ0) is 9.84. The number of likely N-dealkylation sites (tertiary alicyclic amines) is 1. The van der Waals surface area contributed by atoms with Gasteiger partial charge in [0, 0.05) is 26.1 Å². The van der Waals surface area contributed by atoms with Crippen molar-refractivity contribution in [2.75, 3.05) is 19.6 Å². The number of carbonyl (C=O) groups excluding carboxylic acids is 1. The molecule has 4 heteroatoms. The molecule has 0 radical (unpaired) electrons. The smallest absolute Gasteiger partial charge is 0.218 e. The predicted octanol–water partition coefficient (Wildman–Crippen LogP) is -0.435. The molecule has 3 N–H and O–H groups in total. The predicted molar refractivity (Wildman–Crippen MR) is 50.0 cm³/mol. The molecule has 4 nitrogen and oxygen atoms in total. The second-order valence-corrected chi connectivity index (χ2v) is 3.85. The van der Waals surface area contributed by atoms with Crippen LogP contribution in [-0.2, 0) is 4.79 Å².